The lowest BCUT2D eigenvalue weighted by atomic mass is 10.0. The Kier molecular flexibility index (Phi) is 4.66. The normalized spacial score (nSPS) is 12.3. The Balaban J connectivity index is 2.49. The van der Waals surface area contributed by atoms with E-state index in [1.54, 1.807) is 7.11 Å². The van der Waals surface area contributed by atoms with E-state index in [9.17, 15) is 8.78 Å². The van der Waals surface area contributed by atoms with E-state index in [2.05, 4.69) is 15.9 Å². The molecule has 20 heavy (non-hydrogen) atoms. The van der Waals surface area contributed by atoms with Crippen molar-refractivity contribution in [2.45, 2.75) is 12.3 Å². The van der Waals surface area contributed by atoms with Gasteiger partial charge in [0.1, 0.15) is 5.75 Å². The number of ether oxygens (including phenoxy) is 1. The molecule has 0 aliphatic heterocycles. The molecule has 2 aromatic carbocycles. The molecule has 5 heteroatoms. The van der Waals surface area contributed by atoms with E-state index in [1.807, 2.05) is 19.1 Å². The van der Waals surface area contributed by atoms with Gasteiger partial charge in [0.05, 0.1) is 12.5 Å². The molecular weight excluding hydrogens is 350 g/mol. The zero-order valence-electron chi connectivity index (χ0n) is 10.9. The van der Waals surface area contributed by atoms with Gasteiger partial charge in [-0.1, -0.05) is 22.0 Å². The lowest BCUT2D eigenvalue weighted by Gasteiger charge is -2.16. The average molecular weight is 362 g/mol. The fourth-order valence-corrected chi connectivity index (χ4v) is 2.56. The van der Waals surface area contributed by atoms with Crippen molar-refractivity contribution in [3.8, 4) is 5.75 Å². The molecule has 1 atom stereocenters. The van der Waals surface area contributed by atoms with E-state index in [4.69, 9.17) is 16.3 Å². The zero-order chi connectivity index (χ0) is 14.9. The molecule has 0 heterocycles. The number of aryl methyl sites for hydroxylation is 1. The van der Waals surface area contributed by atoms with E-state index < -0.39 is 17.0 Å². The predicted molar refractivity (Wildman–Crippen MR) is 79.5 cm³/mol. The predicted octanol–water partition coefficient (Wildman–Crippen LogP) is 5.37. The lowest BCUT2D eigenvalue weighted by molar-refractivity contribution is 0.409. The van der Waals surface area contributed by atoms with Gasteiger partial charge in [0.25, 0.3) is 0 Å². The van der Waals surface area contributed by atoms with Gasteiger partial charge in [-0.15, -0.1) is 11.6 Å². The molecule has 0 radical (unpaired) electrons. The highest BCUT2D eigenvalue weighted by molar-refractivity contribution is 9.10. The summed E-state index contributed by atoms with van der Waals surface area (Å²) in [5.41, 5.74) is 2.16. The van der Waals surface area contributed by atoms with Gasteiger partial charge >= 0.3 is 0 Å². The maximum absolute atomic E-state index is 13.3. The molecule has 0 saturated heterocycles. The molecule has 0 saturated carbocycles. The number of benzene rings is 2. The van der Waals surface area contributed by atoms with Crippen molar-refractivity contribution in [1.29, 1.82) is 0 Å². The van der Waals surface area contributed by atoms with Crippen molar-refractivity contribution in [3.05, 3.63) is 63.1 Å². The van der Waals surface area contributed by atoms with Gasteiger partial charge in [0.2, 0.25) is 0 Å². The first-order valence-corrected chi connectivity index (χ1v) is 7.10. The summed E-state index contributed by atoms with van der Waals surface area (Å²) >= 11 is 9.80. The lowest BCUT2D eigenvalue weighted by Crippen LogP contribution is -2.00. The highest BCUT2D eigenvalue weighted by atomic mass is 79.9. The summed E-state index contributed by atoms with van der Waals surface area (Å²) in [5, 5.41) is -0.628. The van der Waals surface area contributed by atoms with Gasteiger partial charge in [0.15, 0.2) is 11.6 Å². The van der Waals surface area contributed by atoms with Crippen LogP contribution in [0.2, 0.25) is 0 Å². The highest BCUT2D eigenvalue weighted by Crippen LogP contribution is 2.38. The van der Waals surface area contributed by atoms with Crippen molar-refractivity contribution in [2.24, 2.45) is 0 Å². The van der Waals surface area contributed by atoms with E-state index in [-0.39, 0.29) is 0 Å². The Morgan fingerprint density at radius 2 is 1.85 bits per heavy atom. The number of hydrogen-bond acceptors (Lipinski definition) is 1. The van der Waals surface area contributed by atoms with E-state index in [1.165, 1.54) is 6.07 Å². The highest BCUT2D eigenvalue weighted by Gasteiger charge is 2.18. The number of halogens is 4. The van der Waals surface area contributed by atoms with Crippen LogP contribution in [0, 0.1) is 18.6 Å². The molecule has 0 aliphatic rings. The minimum Gasteiger partial charge on any atom is -0.496 e. The first kappa shape index (κ1) is 15.3. The van der Waals surface area contributed by atoms with E-state index in [0.29, 0.717) is 16.9 Å². The Hall–Kier alpha value is -1.13. The number of hydrogen-bond donors (Lipinski definition) is 0. The third kappa shape index (κ3) is 2.96. The van der Waals surface area contributed by atoms with Gasteiger partial charge in [0, 0.05) is 10.0 Å². The SMILES string of the molecule is COc1cc(C)c(Br)cc1C(Cl)c1ccc(F)c(F)c1. The van der Waals surface area contributed by atoms with Crippen LogP contribution in [0.15, 0.2) is 34.8 Å². The molecule has 0 aliphatic carbocycles. The molecule has 0 amide bonds. The molecule has 1 nitrogen and oxygen atoms in total. The summed E-state index contributed by atoms with van der Waals surface area (Å²) < 4.78 is 32.5. The summed E-state index contributed by atoms with van der Waals surface area (Å²) in [5.74, 6) is -1.21. The first-order chi connectivity index (χ1) is 9.43. The quantitative estimate of drug-likeness (QED) is 0.668. The van der Waals surface area contributed by atoms with Gasteiger partial charge in [-0.3, -0.25) is 0 Å². The topological polar surface area (TPSA) is 9.23 Å². The van der Waals surface area contributed by atoms with Crippen LogP contribution in [0.1, 0.15) is 22.1 Å². The van der Waals surface area contributed by atoms with Crippen LogP contribution < -0.4 is 4.74 Å². The van der Waals surface area contributed by atoms with Crippen LogP contribution in [0.25, 0.3) is 0 Å². The molecule has 0 fully saturated rings. The van der Waals surface area contributed by atoms with Crippen LogP contribution in [0.3, 0.4) is 0 Å². The molecule has 2 aromatic rings. The molecule has 2 rings (SSSR count). The van der Waals surface area contributed by atoms with Crippen molar-refractivity contribution < 1.29 is 13.5 Å². The monoisotopic (exact) mass is 360 g/mol. The fraction of sp³-hybridized carbons (Fsp3) is 0.200. The van der Waals surface area contributed by atoms with E-state index >= 15 is 0 Å². The second kappa shape index (κ2) is 6.10. The molecule has 0 aromatic heterocycles. The summed E-state index contributed by atoms with van der Waals surface area (Å²) in [7, 11) is 1.54. The molecule has 0 N–H and O–H groups in total. The largest absolute Gasteiger partial charge is 0.496 e. The second-order valence-electron chi connectivity index (χ2n) is 4.38. The van der Waals surface area contributed by atoms with Crippen LogP contribution >= 0.6 is 27.5 Å². The molecule has 1 unspecified atom stereocenters. The third-order valence-electron chi connectivity index (χ3n) is 3.02. The maximum Gasteiger partial charge on any atom is 0.159 e. The molecule has 0 spiro atoms. The second-order valence-corrected chi connectivity index (χ2v) is 5.67. The van der Waals surface area contributed by atoms with Crippen molar-refractivity contribution in [3.63, 3.8) is 0 Å². The minimum absolute atomic E-state index is 0.472. The van der Waals surface area contributed by atoms with Gasteiger partial charge < -0.3 is 4.74 Å². The van der Waals surface area contributed by atoms with Crippen molar-refractivity contribution in [2.75, 3.05) is 7.11 Å². The van der Waals surface area contributed by atoms with Gasteiger partial charge in [-0.05, 0) is 42.3 Å². The summed E-state index contributed by atoms with van der Waals surface area (Å²) in [6.07, 6.45) is 0. The molecule has 0 bridgehead atoms. The number of methoxy groups -OCH3 is 1. The third-order valence-corrected chi connectivity index (χ3v) is 4.36. The number of alkyl halides is 1. The standard InChI is InChI=1S/C15H12BrClF2O/c1-8-5-14(20-2)10(7-11(8)16)15(17)9-3-4-12(18)13(19)6-9/h3-7,15H,1-2H3. The molecule has 106 valence electrons. The van der Waals surface area contributed by atoms with Crippen LogP contribution in [0.5, 0.6) is 5.75 Å². The summed E-state index contributed by atoms with van der Waals surface area (Å²) in [6, 6.07) is 7.29. The fourth-order valence-electron chi connectivity index (χ4n) is 1.89. The van der Waals surface area contributed by atoms with Gasteiger partial charge in [-0.2, -0.15) is 0 Å². The smallest absolute Gasteiger partial charge is 0.159 e. The Morgan fingerprint density at radius 3 is 2.45 bits per heavy atom. The Bertz CT molecular complexity index is 646. The first-order valence-electron chi connectivity index (χ1n) is 5.87. The van der Waals surface area contributed by atoms with Gasteiger partial charge in [-0.25, -0.2) is 8.78 Å². The number of rotatable bonds is 3. The average Bonchev–Trinajstić information content (AvgIpc) is 2.43. The minimum atomic E-state index is -0.918. The van der Waals surface area contributed by atoms with Crippen LogP contribution in [-0.2, 0) is 0 Å². The Labute approximate surface area is 129 Å². The van der Waals surface area contributed by atoms with Crippen molar-refractivity contribution >= 4 is 27.5 Å². The molecular formula is C15H12BrClF2O. The van der Waals surface area contributed by atoms with E-state index in [0.717, 1.165) is 22.2 Å². The van der Waals surface area contributed by atoms with Crippen LogP contribution in [0.4, 0.5) is 8.78 Å². The summed E-state index contributed by atoms with van der Waals surface area (Å²) in [6.45, 7) is 1.93. The zero-order valence-corrected chi connectivity index (χ0v) is 13.2. The van der Waals surface area contributed by atoms with Crippen LogP contribution in [-0.4, -0.2) is 7.11 Å². The summed E-state index contributed by atoms with van der Waals surface area (Å²) in [4.78, 5) is 0. The van der Waals surface area contributed by atoms with Crippen molar-refractivity contribution in [1.82, 2.24) is 0 Å². The maximum atomic E-state index is 13.3. The Morgan fingerprint density at radius 1 is 1.15 bits per heavy atom.